The zero-order chi connectivity index (χ0) is 17.9. The van der Waals surface area contributed by atoms with E-state index in [0.717, 1.165) is 0 Å². The van der Waals surface area contributed by atoms with E-state index >= 15 is 0 Å². The number of ketones is 1. The molecule has 0 aliphatic carbocycles. The van der Waals surface area contributed by atoms with Crippen LogP contribution in [0.25, 0.3) is 0 Å². The number of aromatic nitrogens is 2. The fraction of sp³-hybridized carbons (Fsp3) is 0.231. The zero-order valence-corrected chi connectivity index (χ0v) is 15.0. The summed E-state index contributed by atoms with van der Waals surface area (Å²) >= 11 is 6.59. The number of rotatable bonds is 6. The molecule has 0 aliphatic rings. The van der Waals surface area contributed by atoms with Gasteiger partial charge in [-0.05, 0) is 24.6 Å². The van der Waals surface area contributed by atoms with E-state index in [1.165, 1.54) is 19.1 Å². The first-order valence-corrected chi connectivity index (χ1v) is 9.24. The van der Waals surface area contributed by atoms with Gasteiger partial charge in [0.25, 0.3) is 10.0 Å². The van der Waals surface area contributed by atoms with Gasteiger partial charge in [-0.15, -0.1) is 4.37 Å². The van der Waals surface area contributed by atoms with Crippen molar-refractivity contribution in [1.82, 2.24) is 9.36 Å². The van der Waals surface area contributed by atoms with E-state index < -0.39 is 27.8 Å². The predicted octanol–water partition coefficient (Wildman–Crippen LogP) is 2.19. The van der Waals surface area contributed by atoms with Crippen molar-refractivity contribution in [3.63, 3.8) is 0 Å². The number of carbonyl (C=O) groups excluding carboxylic acids is 2. The summed E-state index contributed by atoms with van der Waals surface area (Å²) in [5, 5.41) is 0.198. The fourth-order valence-electron chi connectivity index (χ4n) is 1.63. The molecular formula is C13H12ClN3O5S2. The van der Waals surface area contributed by atoms with E-state index in [0.29, 0.717) is 22.1 Å². The number of sulfonamides is 1. The zero-order valence-electron chi connectivity index (χ0n) is 12.6. The van der Waals surface area contributed by atoms with Crippen molar-refractivity contribution >= 4 is 50.0 Å². The molecule has 1 heterocycles. The lowest BCUT2D eigenvalue weighted by Gasteiger charge is -2.08. The molecule has 0 amide bonds. The number of benzene rings is 1. The first kappa shape index (κ1) is 18.3. The number of ether oxygens (including phenoxy) is 1. The van der Waals surface area contributed by atoms with Crippen molar-refractivity contribution in [2.45, 2.75) is 25.2 Å². The van der Waals surface area contributed by atoms with Crippen LogP contribution in [0.5, 0.6) is 6.01 Å². The monoisotopic (exact) mass is 389 g/mol. The van der Waals surface area contributed by atoms with Gasteiger partial charge in [0.15, 0.2) is 0 Å². The molecule has 2 aromatic rings. The summed E-state index contributed by atoms with van der Waals surface area (Å²) in [5.41, 5.74) is 0.386. The first-order chi connectivity index (χ1) is 11.2. The maximum absolute atomic E-state index is 12.4. The molecule has 24 heavy (non-hydrogen) atoms. The van der Waals surface area contributed by atoms with Gasteiger partial charge in [-0.2, -0.15) is 4.98 Å². The van der Waals surface area contributed by atoms with Gasteiger partial charge in [0, 0.05) is 23.0 Å². The summed E-state index contributed by atoms with van der Waals surface area (Å²) in [6.07, 6.45) is -0.0174. The highest BCUT2D eigenvalue weighted by molar-refractivity contribution is 7.93. The molecule has 128 valence electrons. The third-order valence-electron chi connectivity index (χ3n) is 2.87. The molecule has 1 aromatic heterocycles. The van der Waals surface area contributed by atoms with Crippen LogP contribution in [0.4, 0.5) is 5.13 Å². The lowest BCUT2D eigenvalue weighted by Crippen LogP contribution is -2.19. The van der Waals surface area contributed by atoms with Crippen molar-refractivity contribution in [2.24, 2.45) is 0 Å². The number of anilines is 1. The predicted molar refractivity (Wildman–Crippen MR) is 87.8 cm³/mol. The lowest BCUT2D eigenvalue weighted by molar-refractivity contribution is -0.147. The van der Waals surface area contributed by atoms with E-state index in [-0.39, 0.29) is 16.4 Å². The molecular weight excluding hydrogens is 378 g/mol. The summed E-state index contributed by atoms with van der Waals surface area (Å²) in [6.45, 7) is 3.07. The first-order valence-electron chi connectivity index (χ1n) is 6.61. The molecule has 0 spiro atoms. The van der Waals surface area contributed by atoms with Crippen molar-refractivity contribution in [2.75, 3.05) is 4.72 Å². The van der Waals surface area contributed by atoms with Crippen LogP contribution in [0.15, 0.2) is 23.1 Å². The van der Waals surface area contributed by atoms with Crippen molar-refractivity contribution in [3.8, 4) is 6.01 Å². The molecule has 0 atom stereocenters. The minimum atomic E-state index is -3.94. The average molecular weight is 390 g/mol. The Kier molecular flexibility index (Phi) is 5.52. The SMILES string of the molecule is CCC(=O)C(=O)Oc1nsc(NS(=O)(=O)c2cccc(Cl)c2C)n1. The molecule has 2 rings (SSSR count). The summed E-state index contributed by atoms with van der Waals surface area (Å²) < 4.78 is 35.3. The second-order valence-electron chi connectivity index (χ2n) is 4.52. The number of nitrogens with zero attached hydrogens (tertiary/aromatic N) is 2. The molecule has 0 unspecified atom stereocenters. The van der Waals surface area contributed by atoms with Gasteiger partial charge in [0.05, 0.1) is 4.90 Å². The van der Waals surface area contributed by atoms with Crippen LogP contribution in [0.1, 0.15) is 18.9 Å². The third kappa shape index (κ3) is 4.08. The molecule has 8 nitrogen and oxygen atoms in total. The van der Waals surface area contributed by atoms with Gasteiger partial charge in [0.2, 0.25) is 10.9 Å². The van der Waals surface area contributed by atoms with Crippen LogP contribution in [0.2, 0.25) is 5.02 Å². The maximum atomic E-state index is 12.4. The number of Topliss-reactive ketones (excluding diaryl/α,β-unsaturated/α-hetero) is 1. The molecule has 0 fully saturated rings. The van der Waals surface area contributed by atoms with Crippen LogP contribution >= 0.6 is 23.1 Å². The Balaban J connectivity index is 2.18. The number of hydrogen-bond donors (Lipinski definition) is 1. The number of esters is 1. The number of halogens is 1. The maximum Gasteiger partial charge on any atom is 0.382 e. The van der Waals surface area contributed by atoms with Gasteiger partial charge < -0.3 is 4.74 Å². The fourth-order valence-corrected chi connectivity index (χ4v) is 3.85. The van der Waals surface area contributed by atoms with Crippen LogP contribution in [0, 0.1) is 6.92 Å². The Labute approximate surface area is 147 Å². The van der Waals surface area contributed by atoms with Crippen molar-refractivity contribution in [1.29, 1.82) is 0 Å². The molecule has 1 aromatic carbocycles. The van der Waals surface area contributed by atoms with Crippen LogP contribution in [-0.4, -0.2) is 29.5 Å². The van der Waals surface area contributed by atoms with E-state index in [9.17, 15) is 18.0 Å². The number of nitrogens with one attached hydrogen (secondary N) is 1. The van der Waals surface area contributed by atoms with E-state index in [1.54, 1.807) is 13.0 Å². The quantitative estimate of drug-likeness (QED) is 0.594. The van der Waals surface area contributed by atoms with Gasteiger partial charge in [0.1, 0.15) is 0 Å². The molecule has 11 heteroatoms. The van der Waals surface area contributed by atoms with Crippen LogP contribution < -0.4 is 9.46 Å². The highest BCUT2D eigenvalue weighted by Crippen LogP contribution is 2.26. The average Bonchev–Trinajstić information content (AvgIpc) is 2.95. The topological polar surface area (TPSA) is 115 Å². The van der Waals surface area contributed by atoms with Crippen molar-refractivity contribution < 1.29 is 22.7 Å². The molecule has 0 aliphatic heterocycles. The van der Waals surface area contributed by atoms with E-state index in [2.05, 4.69) is 18.8 Å². The Morgan fingerprint density at radius 3 is 2.75 bits per heavy atom. The summed E-state index contributed by atoms with van der Waals surface area (Å²) in [7, 11) is -3.94. The smallest absolute Gasteiger partial charge is 0.382 e. The Bertz CT molecular complexity index is 895. The number of hydrogen-bond acceptors (Lipinski definition) is 8. The Morgan fingerprint density at radius 1 is 1.38 bits per heavy atom. The molecule has 0 radical (unpaired) electrons. The second-order valence-corrected chi connectivity index (χ2v) is 7.33. The third-order valence-corrected chi connectivity index (χ3v) is 5.51. The summed E-state index contributed by atoms with van der Waals surface area (Å²) in [5.74, 6) is -1.84. The summed E-state index contributed by atoms with van der Waals surface area (Å²) in [4.78, 5) is 26.2. The molecule has 1 N–H and O–H groups in total. The second kappa shape index (κ2) is 7.24. The van der Waals surface area contributed by atoms with Crippen LogP contribution in [-0.2, 0) is 19.6 Å². The molecule has 0 saturated carbocycles. The van der Waals surface area contributed by atoms with E-state index in [4.69, 9.17) is 11.6 Å². The Hall–Kier alpha value is -2.04. The van der Waals surface area contributed by atoms with Gasteiger partial charge in [-0.25, -0.2) is 13.2 Å². The largest absolute Gasteiger partial charge is 0.384 e. The lowest BCUT2D eigenvalue weighted by atomic mass is 10.2. The molecule has 0 saturated heterocycles. The van der Waals surface area contributed by atoms with Crippen molar-refractivity contribution in [3.05, 3.63) is 28.8 Å². The van der Waals surface area contributed by atoms with Gasteiger partial charge >= 0.3 is 12.0 Å². The number of carbonyl (C=O) groups is 2. The van der Waals surface area contributed by atoms with E-state index in [1.807, 2.05) is 0 Å². The normalized spacial score (nSPS) is 11.1. The van der Waals surface area contributed by atoms with Gasteiger partial charge in [-0.1, -0.05) is 24.6 Å². The molecule has 0 bridgehead atoms. The van der Waals surface area contributed by atoms with Crippen LogP contribution in [0.3, 0.4) is 0 Å². The van der Waals surface area contributed by atoms with Gasteiger partial charge in [-0.3, -0.25) is 9.52 Å². The summed E-state index contributed by atoms with van der Waals surface area (Å²) in [6, 6.07) is 4.08. The standard InChI is InChI=1S/C13H12ClN3O5S2/c1-3-9(18)11(19)22-12-15-13(23-16-12)17-24(20,21)10-6-4-5-8(14)7(10)2/h4-6H,3H2,1-2H3,(H,15,16,17). The minimum Gasteiger partial charge on any atom is -0.384 e. The Morgan fingerprint density at radius 2 is 2.08 bits per heavy atom. The highest BCUT2D eigenvalue weighted by Gasteiger charge is 2.22. The minimum absolute atomic E-state index is 0.00935. The highest BCUT2D eigenvalue weighted by atomic mass is 35.5.